The normalized spacial score (nSPS) is 24.5. The molecule has 0 spiro atoms. The third-order valence-electron chi connectivity index (χ3n) is 3.38. The van der Waals surface area contributed by atoms with Gasteiger partial charge in [0.05, 0.1) is 12.5 Å². The van der Waals surface area contributed by atoms with Crippen LogP contribution in [0.25, 0.3) is 0 Å². The summed E-state index contributed by atoms with van der Waals surface area (Å²) >= 11 is 0. The first-order valence-corrected chi connectivity index (χ1v) is 6.30. The lowest BCUT2D eigenvalue weighted by Gasteiger charge is -2.46. The summed E-state index contributed by atoms with van der Waals surface area (Å²) in [7, 11) is 0. The highest BCUT2D eigenvalue weighted by Crippen LogP contribution is 2.24. The van der Waals surface area contributed by atoms with Crippen LogP contribution in [0.4, 0.5) is 0 Å². The van der Waals surface area contributed by atoms with Gasteiger partial charge in [-0.15, -0.1) is 0 Å². The van der Waals surface area contributed by atoms with E-state index in [1.165, 1.54) is 0 Å². The van der Waals surface area contributed by atoms with Crippen LogP contribution in [0.3, 0.4) is 0 Å². The summed E-state index contributed by atoms with van der Waals surface area (Å²) in [5, 5.41) is 11.7. The third-order valence-corrected chi connectivity index (χ3v) is 3.38. The zero-order valence-corrected chi connectivity index (χ0v) is 11.3. The van der Waals surface area contributed by atoms with Crippen LogP contribution in [-0.2, 0) is 4.79 Å². The Kier molecular flexibility index (Phi) is 4.53. The Morgan fingerprint density at radius 1 is 1.59 bits per heavy atom. The van der Waals surface area contributed by atoms with E-state index in [4.69, 9.17) is 5.26 Å². The number of nitrogens with one attached hydrogen (secondary N) is 1. The van der Waals surface area contributed by atoms with Crippen molar-refractivity contribution in [1.29, 1.82) is 5.26 Å². The molecule has 96 valence electrons. The van der Waals surface area contributed by atoms with Crippen LogP contribution in [0.2, 0.25) is 0 Å². The number of amides is 1. The van der Waals surface area contributed by atoms with Crippen molar-refractivity contribution < 1.29 is 4.79 Å². The van der Waals surface area contributed by atoms with Gasteiger partial charge in [-0.1, -0.05) is 13.8 Å². The molecule has 4 nitrogen and oxygen atoms in total. The summed E-state index contributed by atoms with van der Waals surface area (Å²) in [5.74, 6) is 0.605. The zero-order valence-electron chi connectivity index (χ0n) is 11.3. The van der Waals surface area contributed by atoms with Crippen molar-refractivity contribution in [3.8, 4) is 6.07 Å². The fourth-order valence-corrected chi connectivity index (χ4v) is 2.23. The fraction of sp³-hybridized carbons (Fsp3) is 0.846. The average Bonchev–Trinajstić information content (AvgIpc) is 2.22. The number of piperazine rings is 1. The Labute approximate surface area is 104 Å². The molecule has 4 heteroatoms. The Morgan fingerprint density at radius 2 is 2.24 bits per heavy atom. The van der Waals surface area contributed by atoms with E-state index >= 15 is 0 Å². The van der Waals surface area contributed by atoms with Crippen molar-refractivity contribution in [2.24, 2.45) is 5.92 Å². The number of hydrogen-bond donors (Lipinski definition) is 1. The summed E-state index contributed by atoms with van der Waals surface area (Å²) in [6.07, 6.45) is 1.33. The average molecular weight is 237 g/mol. The van der Waals surface area contributed by atoms with Gasteiger partial charge in [0.15, 0.2) is 0 Å². The van der Waals surface area contributed by atoms with Gasteiger partial charge in [-0.05, 0) is 32.7 Å². The maximum Gasteiger partial charge on any atom is 0.238 e. The van der Waals surface area contributed by atoms with Crippen LogP contribution in [0, 0.1) is 17.2 Å². The van der Waals surface area contributed by atoms with Crippen LogP contribution in [0.5, 0.6) is 0 Å². The minimum absolute atomic E-state index is 0.00497. The van der Waals surface area contributed by atoms with Gasteiger partial charge >= 0.3 is 0 Å². The molecule has 1 amide bonds. The zero-order chi connectivity index (χ0) is 13.1. The molecular weight excluding hydrogens is 214 g/mol. The van der Waals surface area contributed by atoms with Crippen molar-refractivity contribution in [3.63, 3.8) is 0 Å². The molecule has 0 saturated carbocycles. The van der Waals surface area contributed by atoms with Gasteiger partial charge < -0.3 is 5.32 Å². The second-order valence-corrected chi connectivity index (χ2v) is 5.78. The highest BCUT2D eigenvalue weighted by Gasteiger charge is 2.40. The molecule has 0 aromatic carbocycles. The first kappa shape index (κ1) is 14.0. The topological polar surface area (TPSA) is 56.1 Å². The number of nitriles is 1. The highest BCUT2D eigenvalue weighted by molar-refractivity contribution is 5.83. The van der Waals surface area contributed by atoms with Gasteiger partial charge in [-0.2, -0.15) is 5.26 Å². The summed E-state index contributed by atoms with van der Waals surface area (Å²) in [6.45, 7) is 10.1. The van der Waals surface area contributed by atoms with Gasteiger partial charge in [0, 0.05) is 12.1 Å². The number of carbonyl (C=O) groups excluding carboxylic acids is 1. The van der Waals surface area contributed by atoms with Crippen LogP contribution in [0.15, 0.2) is 0 Å². The molecule has 0 aliphatic carbocycles. The Morgan fingerprint density at radius 3 is 2.76 bits per heavy atom. The monoisotopic (exact) mass is 237 g/mol. The number of carbonyl (C=O) groups is 1. The Bertz CT molecular complexity index is 317. The second-order valence-electron chi connectivity index (χ2n) is 5.78. The lowest BCUT2D eigenvalue weighted by Crippen LogP contribution is -2.65. The molecular formula is C13H23N3O. The van der Waals surface area contributed by atoms with Crippen LogP contribution in [-0.4, -0.2) is 35.5 Å². The van der Waals surface area contributed by atoms with E-state index in [1.54, 1.807) is 0 Å². The minimum atomic E-state index is -0.289. The van der Waals surface area contributed by atoms with Gasteiger partial charge in [-0.25, -0.2) is 0 Å². The lowest BCUT2D eigenvalue weighted by molar-refractivity contribution is -0.134. The molecule has 1 fully saturated rings. The van der Waals surface area contributed by atoms with E-state index in [9.17, 15) is 4.79 Å². The van der Waals surface area contributed by atoms with Crippen molar-refractivity contribution >= 4 is 5.91 Å². The summed E-state index contributed by atoms with van der Waals surface area (Å²) in [6, 6.07) is 1.83. The molecule has 0 bridgehead atoms. The quantitative estimate of drug-likeness (QED) is 0.806. The molecule has 1 atom stereocenters. The highest BCUT2D eigenvalue weighted by atomic mass is 16.2. The van der Waals surface area contributed by atoms with E-state index in [1.807, 2.05) is 0 Å². The molecule has 1 unspecified atom stereocenters. The fourth-order valence-electron chi connectivity index (χ4n) is 2.23. The number of nitrogens with zero attached hydrogens (tertiary/aromatic N) is 2. The first-order valence-electron chi connectivity index (χ1n) is 6.30. The molecule has 17 heavy (non-hydrogen) atoms. The third kappa shape index (κ3) is 3.44. The number of rotatable bonds is 4. The Hall–Kier alpha value is -1.08. The van der Waals surface area contributed by atoms with Crippen LogP contribution < -0.4 is 5.32 Å². The Balaban J connectivity index is 2.80. The molecule has 1 aliphatic rings. The number of hydrogen-bond acceptors (Lipinski definition) is 3. The van der Waals surface area contributed by atoms with Crippen molar-refractivity contribution in [1.82, 2.24) is 10.2 Å². The molecule has 1 saturated heterocycles. The second kappa shape index (κ2) is 5.50. The van der Waals surface area contributed by atoms with E-state index < -0.39 is 0 Å². The van der Waals surface area contributed by atoms with E-state index in [0.717, 1.165) is 13.0 Å². The SMILES string of the molecule is CC(C)CCN1C(CC#N)C(=O)NCC1(C)C. The van der Waals surface area contributed by atoms with Gasteiger partial charge in [0.1, 0.15) is 6.04 Å². The lowest BCUT2D eigenvalue weighted by atomic mass is 9.93. The smallest absolute Gasteiger partial charge is 0.238 e. The van der Waals surface area contributed by atoms with E-state index in [0.29, 0.717) is 12.5 Å². The molecule has 1 heterocycles. The molecule has 0 aromatic rings. The predicted molar refractivity (Wildman–Crippen MR) is 67.3 cm³/mol. The van der Waals surface area contributed by atoms with Crippen molar-refractivity contribution in [3.05, 3.63) is 0 Å². The van der Waals surface area contributed by atoms with Gasteiger partial charge in [-0.3, -0.25) is 9.69 Å². The van der Waals surface area contributed by atoms with Crippen molar-refractivity contribution in [2.75, 3.05) is 13.1 Å². The molecule has 0 aromatic heterocycles. The standard InChI is InChI=1S/C13H23N3O/c1-10(2)6-8-16-11(5-7-14)12(17)15-9-13(16,3)4/h10-11H,5-6,8-9H2,1-4H3,(H,15,17). The van der Waals surface area contributed by atoms with Crippen LogP contribution >= 0.6 is 0 Å². The first-order chi connectivity index (χ1) is 7.88. The van der Waals surface area contributed by atoms with Gasteiger partial charge in [0.2, 0.25) is 5.91 Å². The van der Waals surface area contributed by atoms with E-state index in [-0.39, 0.29) is 23.9 Å². The maximum atomic E-state index is 11.8. The predicted octanol–water partition coefficient (Wildman–Crippen LogP) is 1.53. The molecule has 1 rings (SSSR count). The largest absolute Gasteiger partial charge is 0.353 e. The van der Waals surface area contributed by atoms with E-state index in [2.05, 4.69) is 44.0 Å². The van der Waals surface area contributed by atoms with Crippen molar-refractivity contribution in [2.45, 2.75) is 52.1 Å². The van der Waals surface area contributed by atoms with Gasteiger partial charge in [0.25, 0.3) is 0 Å². The minimum Gasteiger partial charge on any atom is -0.353 e. The molecule has 1 N–H and O–H groups in total. The summed E-state index contributed by atoms with van der Waals surface area (Å²) in [4.78, 5) is 14.0. The molecule has 0 radical (unpaired) electrons. The molecule has 1 aliphatic heterocycles. The maximum absolute atomic E-state index is 11.8. The summed E-state index contributed by atoms with van der Waals surface area (Å²) < 4.78 is 0. The summed E-state index contributed by atoms with van der Waals surface area (Å²) in [5.41, 5.74) is -0.0652. The van der Waals surface area contributed by atoms with Crippen LogP contribution in [0.1, 0.15) is 40.5 Å².